The molecule has 0 heterocycles. The Balaban J connectivity index is 2.30. The number of rotatable bonds is 5. The molecule has 0 fully saturated rings. The molecule has 4 heteroatoms. The Bertz CT molecular complexity index is 628. The molecule has 0 amide bonds. The van der Waals surface area contributed by atoms with Crippen LogP contribution in [0.15, 0.2) is 40.9 Å². The summed E-state index contributed by atoms with van der Waals surface area (Å²) in [6, 6.07) is 10.2. The molecular weight excluding hydrogens is 336 g/mol. The van der Waals surface area contributed by atoms with Gasteiger partial charge in [-0.3, -0.25) is 0 Å². The average Bonchev–Trinajstić information content (AvgIpc) is 2.45. The summed E-state index contributed by atoms with van der Waals surface area (Å²) in [6.45, 7) is 4.87. The highest BCUT2D eigenvalue weighted by Gasteiger charge is 2.16. The lowest BCUT2D eigenvalue weighted by Crippen LogP contribution is -2.23. The maximum atomic E-state index is 13.4. The molecule has 112 valence electrons. The third-order valence-corrected chi connectivity index (χ3v) is 4.55. The van der Waals surface area contributed by atoms with Crippen molar-refractivity contribution < 1.29 is 8.78 Å². The van der Waals surface area contributed by atoms with Crippen LogP contribution >= 0.6 is 15.9 Å². The molecule has 2 aromatic rings. The number of likely N-dealkylation sites (N-methyl/N-ethyl adjacent to an activating group) is 1. The van der Waals surface area contributed by atoms with Crippen molar-refractivity contribution in [1.29, 1.82) is 0 Å². The monoisotopic (exact) mass is 353 g/mol. The number of benzene rings is 2. The van der Waals surface area contributed by atoms with Crippen molar-refractivity contribution in [3.63, 3.8) is 0 Å². The molecule has 0 bridgehead atoms. The van der Waals surface area contributed by atoms with E-state index in [1.54, 1.807) is 6.07 Å². The summed E-state index contributed by atoms with van der Waals surface area (Å²) in [7, 11) is 0. The second-order valence-corrected chi connectivity index (χ2v) is 5.83. The van der Waals surface area contributed by atoms with Gasteiger partial charge in [-0.1, -0.05) is 47.1 Å². The SMILES string of the molecule is CCNC(Cc1ccc(F)c(F)c1)c1cccc(C)c1Br. The van der Waals surface area contributed by atoms with E-state index < -0.39 is 11.6 Å². The van der Waals surface area contributed by atoms with E-state index in [1.807, 2.05) is 32.0 Å². The van der Waals surface area contributed by atoms with Crippen LogP contribution in [0.3, 0.4) is 0 Å². The summed E-state index contributed by atoms with van der Waals surface area (Å²) in [5.41, 5.74) is 3.05. The minimum absolute atomic E-state index is 0.0501. The van der Waals surface area contributed by atoms with Gasteiger partial charge in [0.1, 0.15) is 0 Å². The Morgan fingerprint density at radius 1 is 1.14 bits per heavy atom. The van der Waals surface area contributed by atoms with Crippen molar-refractivity contribution >= 4 is 15.9 Å². The molecule has 1 atom stereocenters. The maximum Gasteiger partial charge on any atom is 0.159 e. The molecule has 0 saturated heterocycles. The molecule has 0 radical (unpaired) electrons. The molecule has 0 saturated carbocycles. The van der Waals surface area contributed by atoms with Gasteiger partial charge >= 0.3 is 0 Å². The van der Waals surface area contributed by atoms with Gasteiger partial charge in [0.15, 0.2) is 11.6 Å². The summed E-state index contributed by atoms with van der Waals surface area (Å²) in [4.78, 5) is 0. The van der Waals surface area contributed by atoms with Gasteiger partial charge in [0.2, 0.25) is 0 Å². The zero-order valence-electron chi connectivity index (χ0n) is 12.1. The normalized spacial score (nSPS) is 12.4. The Morgan fingerprint density at radius 2 is 1.90 bits per heavy atom. The maximum absolute atomic E-state index is 13.4. The number of hydrogen-bond acceptors (Lipinski definition) is 1. The predicted molar refractivity (Wildman–Crippen MR) is 85.4 cm³/mol. The summed E-state index contributed by atoms with van der Waals surface area (Å²) < 4.78 is 27.4. The molecule has 2 rings (SSSR count). The van der Waals surface area contributed by atoms with Crippen LogP contribution < -0.4 is 5.32 Å². The quantitative estimate of drug-likeness (QED) is 0.803. The lowest BCUT2D eigenvalue weighted by atomic mass is 9.97. The lowest BCUT2D eigenvalue weighted by Gasteiger charge is -2.21. The highest BCUT2D eigenvalue weighted by Crippen LogP contribution is 2.29. The van der Waals surface area contributed by atoms with Crippen molar-refractivity contribution in [3.05, 3.63) is 69.2 Å². The molecule has 0 aromatic heterocycles. The Kier molecular flexibility index (Phi) is 5.48. The number of nitrogens with one attached hydrogen (secondary N) is 1. The molecule has 21 heavy (non-hydrogen) atoms. The van der Waals surface area contributed by atoms with Gasteiger partial charge < -0.3 is 5.32 Å². The van der Waals surface area contributed by atoms with E-state index in [9.17, 15) is 8.78 Å². The fraction of sp³-hybridized carbons (Fsp3) is 0.294. The zero-order valence-corrected chi connectivity index (χ0v) is 13.7. The number of halogens is 3. The van der Waals surface area contributed by atoms with Crippen molar-refractivity contribution in [2.45, 2.75) is 26.3 Å². The molecule has 2 aromatic carbocycles. The van der Waals surface area contributed by atoms with Gasteiger partial charge in [0.05, 0.1) is 0 Å². The van der Waals surface area contributed by atoms with Gasteiger partial charge in [-0.25, -0.2) is 8.78 Å². The van der Waals surface area contributed by atoms with E-state index in [2.05, 4.69) is 21.2 Å². The average molecular weight is 354 g/mol. The van der Waals surface area contributed by atoms with Crippen LogP contribution in [0, 0.1) is 18.6 Å². The van der Waals surface area contributed by atoms with Gasteiger partial charge in [0.25, 0.3) is 0 Å². The Hall–Kier alpha value is -1.26. The molecule has 0 aliphatic rings. The highest BCUT2D eigenvalue weighted by atomic mass is 79.9. The van der Waals surface area contributed by atoms with E-state index in [0.717, 1.165) is 27.7 Å². The summed E-state index contributed by atoms with van der Waals surface area (Å²) >= 11 is 3.62. The van der Waals surface area contributed by atoms with Crippen LogP contribution in [-0.4, -0.2) is 6.54 Å². The predicted octanol–water partition coefficient (Wildman–Crippen LogP) is 4.93. The van der Waals surface area contributed by atoms with Crippen molar-refractivity contribution in [1.82, 2.24) is 5.32 Å². The van der Waals surface area contributed by atoms with Crippen molar-refractivity contribution in [2.75, 3.05) is 6.54 Å². The lowest BCUT2D eigenvalue weighted by molar-refractivity contribution is 0.502. The van der Waals surface area contributed by atoms with E-state index in [4.69, 9.17) is 0 Å². The number of hydrogen-bond donors (Lipinski definition) is 1. The van der Waals surface area contributed by atoms with E-state index in [0.29, 0.717) is 6.42 Å². The summed E-state index contributed by atoms with van der Waals surface area (Å²) in [5, 5.41) is 3.40. The fourth-order valence-corrected chi connectivity index (χ4v) is 2.92. The first kappa shape index (κ1) is 16.1. The van der Waals surface area contributed by atoms with Gasteiger partial charge in [0, 0.05) is 10.5 Å². The zero-order chi connectivity index (χ0) is 15.4. The van der Waals surface area contributed by atoms with E-state index in [1.165, 1.54) is 12.1 Å². The van der Waals surface area contributed by atoms with E-state index >= 15 is 0 Å². The molecule has 0 aliphatic heterocycles. The molecule has 1 unspecified atom stereocenters. The smallest absolute Gasteiger partial charge is 0.159 e. The van der Waals surface area contributed by atoms with Crippen LogP contribution in [0.2, 0.25) is 0 Å². The van der Waals surface area contributed by atoms with Gasteiger partial charge in [-0.15, -0.1) is 0 Å². The molecule has 1 N–H and O–H groups in total. The third kappa shape index (κ3) is 3.89. The third-order valence-electron chi connectivity index (χ3n) is 3.47. The van der Waals surface area contributed by atoms with E-state index in [-0.39, 0.29) is 6.04 Å². The standard InChI is InChI=1S/C17H18BrF2N/c1-3-21-16(13-6-4-5-11(2)17(13)18)10-12-7-8-14(19)15(20)9-12/h4-9,16,21H,3,10H2,1-2H3. The minimum atomic E-state index is -0.810. The van der Waals surface area contributed by atoms with Crippen molar-refractivity contribution in [3.8, 4) is 0 Å². The van der Waals surface area contributed by atoms with Gasteiger partial charge in [-0.2, -0.15) is 0 Å². The van der Waals surface area contributed by atoms with Crippen molar-refractivity contribution in [2.24, 2.45) is 0 Å². The Labute approximate surface area is 132 Å². The number of aryl methyl sites for hydroxylation is 1. The largest absolute Gasteiger partial charge is 0.310 e. The topological polar surface area (TPSA) is 12.0 Å². The van der Waals surface area contributed by atoms with Crippen LogP contribution in [0.4, 0.5) is 8.78 Å². The molecule has 1 nitrogen and oxygen atoms in total. The first-order chi connectivity index (χ1) is 10.0. The second-order valence-electron chi connectivity index (χ2n) is 5.04. The second kappa shape index (κ2) is 7.14. The Morgan fingerprint density at radius 3 is 2.57 bits per heavy atom. The van der Waals surface area contributed by atoms with Crippen LogP contribution in [-0.2, 0) is 6.42 Å². The minimum Gasteiger partial charge on any atom is -0.310 e. The summed E-state index contributed by atoms with van der Waals surface area (Å²) in [6.07, 6.45) is 0.604. The highest BCUT2D eigenvalue weighted by molar-refractivity contribution is 9.10. The molecular formula is C17H18BrF2N. The van der Waals surface area contributed by atoms with Crippen LogP contribution in [0.5, 0.6) is 0 Å². The molecule has 0 spiro atoms. The van der Waals surface area contributed by atoms with Crippen LogP contribution in [0.1, 0.15) is 29.7 Å². The van der Waals surface area contributed by atoms with Gasteiger partial charge in [-0.05, 0) is 48.7 Å². The first-order valence-electron chi connectivity index (χ1n) is 6.95. The van der Waals surface area contributed by atoms with Crippen LogP contribution in [0.25, 0.3) is 0 Å². The fourth-order valence-electron chi connectivity index (χ4n) is 2.38. The first-order valence-corrected chi connectivity index (χ1v) is 7.74. The summed E-state index contributed by atoms with van der Waals surface area (Å²) in [5.74, 6) is -1.61. The molecule has 0 aliphatic carbocycles.